The van der Waals surface area contributed by atoms with E-state index in [-0.39, 0.29) is 18.1 Å². The Morgan fingerprint density at radius 2 is 1.75 bits per heavy atom. The maximum Gasteiger partial charge on any atom is 0.269 e. The van der Waals surface area contributed by atoms with Gasteiger partial charge in [0, 0.05) is 32.6 Å². The number of non-ortho nitro benzene ring substituents is 1. The van der Waals surface area contributed by atoms with E-state index in [1.54, 1.807) is 11.8 Å². The smallest absolute Gasteiger partial charge is 0.269 e. The lowest BCUT2D eigenvalue weighted by molar-refractivity contribution is -0.384. The van der Waals surface area contributed by atoms with Gasteiger partial charge >= 0.3 is 0 Å². The van der Waals surface area contributed by atoms with E-state index in [1.807, 2.05) is 47.4 Å². The van der Waals surface area contributed by atoms with Gasteiger partial charge in [-0.15, -0.1) is 0 Å². The Balaban J connectivity index is 1.59. The van der Waals surface area contributed by atoms with E-state index in [0.717, 1.165) is 21.2 Å². The minimum absolute atomic E-state index is 0.0245. The standard InChI is InChI=1S/C20H14ClN3O3S/c21-13-5-10-19-17(11-13)23(16-3-1-2-4-18(16)28-19)12-20(25)22-14-6-8-15(9-7-14)24(26)27/h1-11H,12H2,(H,22,25). The Bertz CT molecular complexity index is 1070. The summed E-state index contributed by atoms with van der Waals surface area (Å²) in [5.41, 5.74) is 2.28. The van der Waals surface area contributed by atoms with Gasteiger partial charge in [0.2, 0.25) is 5.91 Å². The number of fused-ring (bicyclic) bond motifs is 2. The average Bonchev–Trinajstić information content (AvgIpc) is 2.68. The molecule has 0 fully saturated rings. The molecule has 0 unspecified atom stereocenters. The number of hydrogen-bond acceptors (Lipinski definition) is 5. The summed E-state index contributed by atoms with van der Waals surface area (Å²) in [5.74, 6) is -0.235. The van der Waals surface area contributed by atoms with Crippen LogP contribution in [-0.4, -0.2) is 17.4 Å². The molecular weight excluding hydrogens is 398 g/mol. The molecule has 6 nitrogen and oxygen atoms in total. The van der Waals surface area contributed by atoms with E-state index in [1.165, 1.54) is 24.3 Å². The molecule has 3 aromatic rings. The van der Waals surface area contributed by atoms with Crippen LogP contribution >= 0.6 is 23.4 Å². The minimum atomic E-state index is -0.478. The van der Waals surface area contributed by atoms with Crippen LogP contribution in [0.3, 0.4) is 0 Å². The molecule has 3 aromatic carbocycles. The lowest BCUT2D eigenvalue weighted by atomic mass is 10.2. The van der Waals surface area contributed by atoms with Gasteiger partial charge < -0.3 is 10.2 Å². The highest BCUT2D eigenvalue weighted by Crippen LogP contribution is 2.48. The Hall–Kier alpha value is -3.03. The van der Waals surface area contributed by atoms with Gasteiger partial charge in [0.1, 0.15) is 6.54 Å². The second-order valence-electron chi connectivity index (χ2n) is 6.12. The number of hydrogen-bond donors (Lipinski definition) is 1. The third-order valence-electron chi connectivity index (χ3n) is 4.25. The highest BCUT2D eigenvalue weighted by atomic mass is 35.5. The Morgan fingerprint density at radius 3 is 2.50 bits per heavy atom. The summed E-state index contributed by atoms with van der Waals surface area (Å²) in [6.07, 6.45) is 0. The number of anilines is 3. The fourth-order valence-corrected chi connectivity index (χ4v) is 4.23. The van der Waals surface area contributed by atoms with Crippen molar-refractivity contribution in [3.63, 3.8) is 0 Å². The highest BCUT2D eigenvalue weighted by molar-refractivity contribution is 7.99. The molecule has 28 heavy (non-hydrogen) atoms. The first-order valence-electron chi connectivity index (χ1n) is 8.39. The van der Waals surface area contributed by atoms with Crippen molar-refractivity contribution in [2.75, 3.05) is 16.8 Å². The number of nitrogens with one attached hydrogen (secondary N) is 1. The zero-order valence-corrected chi connectivity index (χ0v) is 16.0. The van der Waals surface area contributed by atoms with Gasteiger partial charge in [0.05, 0.1) is 16.3 Å². The van der Waals surface area contributed by atoms with Gasteiger partial charge in [-0.25, -0.2) is 0 Å². The number of carbonyl (C=O) groups excluding carboxylic acids is 1. The molecule has 1 heterocycles. The topological polar surface area (TPSA) is 75.5 Å². The molecule has 8 heteroatoms. The van der Waals surface area contributed by atoms with Gasteiger partial charge in [-0.3, -0.25) is 14.9 Å². The zero-order chi connectivity index (χ0) is 19.7. The van der Waals surface area contributed by atoms with E-state index >= 15 is 0 Å². The normalized spacial score (nSPS) is 12.1. The molecule has 0 spiro atoms. The number of amides is 1. The highest BCUT2D eigenvalue weighted by Gasteiger charge is 2.25. The summed E-state index contributed by atoms with van der Waals surface area (Å²) < 4.78 is 0. The van der Waals surface area contributed by atoms with Crippen LogP contribution in [0, 0.1) is 10.1 Å². The molecule has 1 aliphatic heterocycles. The number of rotatable bonds is 4. The van der Waals surface area contributed by atoms with Crippen LogP contribution in [0.25, 0.3) is 0 Å². The summed E-state index contributed by atoms with van der Waals surface area (Å²) in [5, 5.41) is 14.1. The molecule has 0 aliphatic carbocycles. The van der Waals surface area contributed by atoms with Crippen LogP contribution in [0.1, 0.15) is 0 Å². The van der Waals surface area contributed by atoms with Crippen LogP contribution in [0.15, 0.2) is 76.5 Å². The number of benzene rings is 3. The van der Waals surface area contributed by atoms with Crippen LogP contribution in [0.2, 0.25) is 5.02 Å². The summed E-state index contributed by atoms with van der Waals surface area (Å²) in [6.45, 7) is 0.0852. The van der Waals surface area contributed by atoms with Crippen LogP contribution in [0.4, 0.5) is 22.7 Å². The predicted molar refractivity (Wildman–Crippen MR) is 111 cm³/mol. The summed E-state index contributed by atoms with van der Waals surface area (Å²) in [6, 6.07) is 19.2. The molecule has 140 valence electrons. The molecule has 1 amide bonds. The van der Waals surface area contributed by atoms with Gasteiger partial charge in [-0.2, -0.15) is 0 Å². The number of nitro benzene ring substituents is 1. The number of carbonyl (C=O) groups is 1. The molecule has 0 aromatic heterocycles. The van der Waals surface area contributed by atoms with E-state index in [4.69, 9.17) is 11.6 Å². The summed E-state index contributed by atoms with van der Waals surface area (Å²) in [4.78, 5) is 27.0. The first-order valence-corrected chi connectivity index (χ1v) is 9.59. The Labute approximate surface area is 170 Å². The van der Waals surface area contributed by atoms with E-state index < -0.39 is 4.92 Å². The SMILES string of the molecule is O=C(CN1c2ccccc2Sc2ccc(Cl)cc21)Nc1ccc([N+](=O)[O-])cc1. The van der Waals surface area contributed by atoms with E-state index in [0.29, 0.717) is 10.7 Å². The second kappa shape index (κ2) is 7.53. The first-order chi connectivity index (χ1) is 13.5. The van der Waals surface area contributed by atoms with Crippen molar-refractivity contribution in [2.45, 2.75) is 9.79 Å². The largest absolute Gasteiger partial charge is 0.330 e. The minimum Gasteiger partial charge on any atom is -0.330 e. The predicted octanol–water partition coefficient (Wildman–Crippen LogP) is 5.49. The van der Waals surface area contributed by atoms with E-state index in [9.17, 15) is 14.9 Å². The molecule has 1 aliphatic rings. The molecule has 0 atom stereocenters. The number of halogens is 1. The third kappa shape index (κ3) is 3.67. The lowest BCUT2D eigenvalue weighted by Crippen LogP contribution is -2.31. The fourth-order valence-electron chi connectivity index (χ4n) is 2.98. The van der Waals surface area contributed by atoms with Crippen LogP contribution in [0.5, 0.6) is 0 Å². The van der Waals surface area contributed by atoms with Crippen LogP contribution < -0.4 is 10.2 Å². The molecule has 0 radical (unpaired) electrons. The summed E-state index contributed by atoms with van der Waals surface area (Å²) in [7, 11) is 0. The molecule has 1 N–H and O–H groups in total. The monoisotopic (exact) mass is 411 g/mol. The van der Waals surface area contributed by atoms with Gasteiger partial charge in [0.25, 0.3) is 5.69 Å². The zero-order valence-electron chi connectivity index (χ0n) is 14.5. The lowest BCUT2D eigenvalue weighted by Gasteiger charge is -2.32. The molecular formula is C20H14ClN3O3S. The van der Waals surface area contributed by atoms with E-state index in [2.05, 4.69) is 5.32 Å². The molecule has 4 rings (SSSR count). The van der Waals surface area contributed by atoms with Gasteiger partial charge in [-0.05, 0) is 42.5 Å². The van der Waals surface area contributed by atoms with Crippen molar-refractivity contribution < 1.29 is 9.72 Å². The summed E-state index contributed by atoms with van der Waals surface area (Å²) >= 11 is 7.82. The Kier molecular flexibility index (Phi) is 4.93. The fraction of sp³-hybridized carbons (Fsp3) is 0.0500. The third-order valence-corrected chi connectivity index (χ3v) is 5.62. The maximum atomic E-state index is 12.7. The second-order valence-corrected chi connectivity index (χ2v) is 7.64. The van der Waals surface area contributed by atoms with Crippen molar-refractivity contribution in [1.82, 2.24) is 0 Å². The first kappa shape index (κ1) is 18.3. The number of nitrogens with zero attached hydrogens (tertiary/aromatic N) is 2. The molecule has 0 saturated carbocycles. The van der Waals surface area contributed by atoms with Gasteiger partial charge in [0.15, 0.2) is 0 Å². The van der Waals surface area contributed by atoms with Crippen molar-refractivity contribution >= 4 is 52.0 Å². The Morgan fingerprint density at radius 1 is 1.04 bits per heavy atom. The maximum absolute atomic E-state index is 12.7. The quantitative estimate of drug-likeness (QED) is 0.453. The number of nitro groups is 1. The van der Waals surface area contributed by atoms with Crippen LogP contribution in [-0.2, 0) is 4.79 Å². The molecule has 0 saturated heterocycles. The van der Waals surface area contributed by atoms with Crippen molar-refractivity contribution in [3.8, 4) is 0 Å². The van der Waals surface area contributed by atoms with Crippen molar-refractivity contribution in [3.05, 3.63) is 81.9 Å². The average molecular weight is 412 g/mol. The molecule has 0 bridgehead atoms. The van der Waals surface area contributed by atoms with Crippen molar-refractivity contribution in [1.29, 1.82) is 0 Å². The van der Waals surface area contributed by atoms with Gasteiger partial charge in [-0.1, -0.05) is 35.5 Å². The van der Waals surface area contributed by atoms with Crippen molar-refractivity contribution in [2.24, 2.45) is 0 Å². The number of para-hydroxylation sites is 1.